The zero-order valence-electron chi connectivity index (χ0n) is 8.93. The lowest BCUT2D eigenvalue weighted by Gasteiger charge is -2.12. The Morgan fingerprint density at radius 3 is 2.33 bits per heavy atom. The zero-order valence-corrected chi connectivity index (χ0v) is 8.93. The van der Waals surface area contributed by atoms with Crippen LogP contribution in [0.2, 0.25) is 0 Å². The van der Waals surface area contributed by atoms with Crippen LogP contribution in [0.4, 0.5) is 0 Å². The van der Waals surface area contributed by atoms with Crippen LogP contribution in [-0.4, -0.2) is 0 Å². The molecule has 2 aliphatic carbocycles. The molecule has 4 unspecified atom stereocenters. The lowest BCUT2D eigenvalue weighted by atomic mass is 9.93. The van der Waals surface area contributed by atoms with Gasteiger partial charge < -0.3 is 0 Å². The van der Waals surface area contributed by atoms with E-state index < -0.39 is 0 Å². The fourth-order valence-electron chi connectivity index (χ4n) is 3.09. The summed E-state index contributed by atoms with van der Waals surface area (Å²) in [7, 11) is 0. The molecule has 0 heterocycles. The Balaban J connectivity index is 1.84. The molecule has 2 aliphatic rings. The van der Waals surface area contributed by atoms with Gasteiger partial charge in [-0.25, -0.2) is 0 Å². The average molecular weight is 166 g/mol. The molecule has 0 saturated heterocycles. The van der Waals surface area contributed by atoms with Crippen molar-refractivity contribution in [2.24, 2.45) is 29.1 Å². The Kier molecular flexibility index (Phi) is 1.79. The molecule has 0 aliphatic heterocycles. The normalized spacial score (nSPS) is 45.5. The largest absolute Gasteiger partial charge is 0.0651 e. The highest BCUT2D eigenvalue weighted by molar-refractivity contribution is 5.03. The van der Waals surface area contributed by atoms with Crippen LogP contribution in [0, 0.1) is 29.1 Å². The van der Waals surface area contributed by atoms with Gasteiger partial charge in [0.2, 0.25) is 0 Å². The molecule has 0 nitrogen and oxygen atoms in total. The van der Waals surface area contributed by atoms with E-state index in [1.807, 2.05) is 0 Å². The average Bonchev–Trinajstić information content (AvgIpc) is 2.84. The highest BCUT2D eigenvalue weighted by Gasteiger charge is 2.54. The van der Waals surface area contributed by atoms with Crippen molar-refractivity contribution in [3.05, 3.63) is 0 Å². The quantitative estimate of drug-likeness (QED) is 0.599. The van der Waals surface area contributed by atoms with Crippen LogP contribution < -0.4 is 0 Å². The lowest BCUT2D eigenvalue weighted by molar-refractivity contribution is 0.363. The predicted octanol–water partition coefficient (Wildman–Crippen LogP) is 3.71. The first-order valence-electron chi connectivity index (χ1n) is 5.56. The summed E-state index contributed by atoms with van der Waals surface area (Å²) < 4.78 is 0. The van der Waals surface area contributed by atoms with Gasteiger partial charge in [-0.2, -0.15) is 0 Å². The molecule has 0 bridgehead atoms. The smallest absolute Gasteiger partial charge is 0.0320 e. The molecule has 0 radical (unpaired) electrons. The van der Waals surface area contributed by atoms with Crippen molar-refractivity contribution in [1.29, 1.82) is 0 Å². The molecule has 0 aromatic carbocycles. The predicted molar refractivity (Wildman–Crippen MR) is 52.9 cm³/mol. The second-order valence-corrected chi connectivity index (χ2v) is 5.73. The summed E-state index contributed by atoms with van der Waals surface area (Å²) in [5.41, 5.74) is 0.695. The third-order valence-electron chi connectivity index (χ3n) is 4.40. The maximum atomic E-state index is 2.49. The van der Waals surface area contributed by atoms with E-state index >= 15 is 0 Å². The molecule has 0 N–H and O–H groups in total. The molecule has 0 spiro atoms. The van der Waals surface area contributed by atoms with Crippen molar-refractivity contribution in [3.8, 4) is 0 Å². The van der Waals surface area contributed by atoms with Crippen LogP contribution in [0.25, 0.3) is 0 Å². The van der Waals surface area contributed by atoms with E-state index in [9.17, 15) is 0 Å². The summed E-state index contributed by atoms with van der Waals surface area (Å²) in [6.07, 6.45) is 4.44. The Morgan fingerprint density at radius 2 is 2.00 bits per heavy atom. The van der Waals surface area contributed by atoms with Gasteiger partial charge in [0.15, 0.2) is 0 Å². The first kappa shape index (κ1) is 8.59. The molecule has 12 heavy (non-hydrogen) atoms. The van der Waals surface area contributed by atoms with Crippen molar-refractivity contribution in [3.63, 3.8) is 0 Å². The van der Waals surface area contributed by atoms with Crippen LogP contribution in [0.3, 0.4) is 0 Å². The van der Waals surface area contributed by atoms with Crippen molar-refractivity contribution >= 4 is 0 Å². The van der Waals surface area contributed by atoms with Gasteiger partial charge in [-0.1, -0.05) is 34.1 Å². The molecule has 0 aromatic heterocycles. The van der Waals surface area contributed by atoms with E-state index in [2.05, 4.69) is 27.7 Å². The second kappa shape index (κ2) is 2.49. The van der Waals surface area contributed by atoms with Crippen LogP contribution in [0.1, 0.15) is 47.0 Å². The monoisotopic (exact) mass is 166 g/mol. The Hall–Kier alpha value is 0. The van der Waals surface area contributed by atoms with Gasteiger partial charge in [0.1, 0.15) is 0 Å². The Labute approximate surface area is 76.7 Å². The van der Waals surface area contributed by atoms with E-state index in [0.29, 0.717) is 5.41 Å². The van der Waals surface area contributed by atoms with Gasteiger partial charge in [-0.3, -0.25) is 0 Å². The molecule has 0 heteroatoms. The van der Waals surface area contributed by atoms with E-state index in [-0.39, 0.29) is 0 Å². The second-order valence-electron chi connectivity index (χ2n) is 5.73. The van der Waals surface area contributed by atoms with Crippen molar-refractivity contribution in [2.75, 3.05) is 0 Å². The summed E-state index contributed by atoms with van der Waals surface area (Å²) in [5.74, 6) is 4.27. The highest BCUT2D eigenvalue weighted by Crippen LogP contribution is 2.62. The topological polar surface area (TPSA) is 0 Å². The van der Waals surface area contributed by atoms with Crippen molar-refractivity contribution < 1.29 is 0 Å². The number of hydrogen-bond acceptors (Lipinski definition) is 0. The summed E-state index contributed by atoms with van der Waals surface area (Å²) in [6, 6.07) is 0. The van der Waals surface area contributed by atoms with Gasteiger partial charge in [-0.15, -0.1) is 0 Å². The number of rotatable bonds is 3. The molecule has 2 fully saturated rings. The van der Waals surface area contributed by atoms with Crippen molar-refractivity contribution in [1.82, 2.24) is 0 Å². The highest BCUT2D eigenvalue weighted by atomic mass is 14.6. The molecular formula is C12H22. The minimum absolute atomic E-state index is 0.695. The lowest BCUT2D eigenvalue weighted by Crippen LogP contribution is -2.06. The summed E-state index contributed by atoms with van der Waals surface area (Å²) in [5, 5.41) is 0. The van der Waals surface area contributed by atoms with Crippen LogP contribution in [-0.2, 0) is 0 Å². The van der Waals surface area contributed by atoms with E-state index in [4.69, 9.17) is 0 Å². The van der Waals surface area contributed by atoms with E-state index in [0.717, 1.165) is 23.7 Å². The van der Waals surface area contributed by atoms with Gasteiger partial charge in [0.25, 0.3) is 0 Å². The van der Waals surface area contributed by atoms with Gasteiger partial charge in [0.05, 0.1) is 0 Å². The molecule has 70 valence electrons. The molecule has 0 amide bonds. The van der Waals surface area contributed by atoms with Gasteiger partial charge in [0, 0.05) is 0 Å². The Morgan fingerprint density at radius 1 is 1.42 bits per heavy atom. The maximum absolute atomic E-state index is 2.49. The van der Waals surface area contributed by atoms with Crippen LogP contribution >= 0.6 is 0 Å². The van der Waals surface area contributed by atoms with E-state index in [1.54, 1.807) is 0 Å². The summed E-state index contributed by atoms with van der Waals surface area (Å²) in [6.45, 7) is 9.68. The zero-order chi connectivity index (χ0) is 8.93. The molecule has 2 saturated carbocycles. The van der Waals surface area contributed by atoms with Gasteiger partial charge in [-0.05, 0) is 41.9 Å². The molecule has 0 aromatic rings. The molecular weight excluding hydrogens is 144 g/mol. The fraction of sp³-hybridized carbons (Fsp3) is 1.00. The third kappa shape index (κ3) is 1.30. The van der Waals surface area contributed by atoms with Crippen molar-refractivity contribution in [2.45, 2.75) is 47.0 Å². The van der Waals surface area contributed by atoms with Crippen LogP contribution in [0.5, 0.6) is 0 Å². The SMILES string of the molecule is CCC1CC1C(C)C1CC1(C)C. The molecule has 2 rings (SSSR count). The third-order valence-corrected chi connectivity index (χ3v) is 4.40. The minimum Gasteiger partial charge on any atom is -0.0651 e. The summed E-state index contributed by atoms with van der Waals surface area (Å²) in [4.78, 5) is 0. The maximum Gasteiger partial charge on any atom is -0.0320 e. The summed E-state index contributed by atoms with van der Waals surface area (Å²) >= 11 is 0. The fourth-order valence-corrected chi connectivity index (χ4v) is 3.09. The first-order chi connectivity index (χ1) is 5.56. The Bertz CT molecular complexity index is 180. The minimum atomic E-state index is 0.695. The first-order valence-corrected chi connectivity index (χ1v) is 5.56. The van der Waals surface area contributed by atoms with Crippen LogP contribution in [0.15, 0.2) is 0 Å². The standard InChI is InChI=1S/C12H22/c1-5-9-6-10(9)8(2)11-7-12(11,3)4/h8-11H,5-7H2,1-4H3. The molecule has 4 atom stereocenters. The van der Waals surface area contributed by atoms with Gasteiger partial charge >= 0.3 is 0 Å². The van der Waals surface area contributed by atoms with E-state index in [1.165, 1.54) is 19.3 Å². The number of hydrogen-bond donors (Lipinski definition) is 0.